The number of nitrogens with one attached hydrogen (secondary N) is 2. The Morgan fingerprint density at radius 3 is 2.48 bits per heavy atom. The summed E-state index contributed by atoms with van der Waals surface area (Å²) in [6.07, 6.45) is 1.08. The van der Waals surface area contributed by atoms with Gasteiger partial charge in [0.1, 0.15) is 17.5 Å². The molecular weight excluding hydrogens is 280 g/mol. The molecule has 0 aliphatic rings. The van der Waals surface area contributed by atoms with Crippen LogP contribution in [0.1, 0.15) is 50.1 Å². The van der Waals surface area contributed by atoms with Crippen LogP contribution in [-0.2, 0) is 6.54 Å². The molecule has 0 radical (unpaired) electrons. The van der Waals surface area contributed by atoms with Crippen molar-refractivity contribution in [3.05, 3.63) is 33.8 Å². The summed E-state index contributed by atoms with van der Waals surface area (Å²) >= 11 is 1.72. The first-order chi connectivity index (χ1) is 10.1. The molecule has 0 aliphatic carbocycles. The van der Waals surface area contributed by atoms with Gasteiger partial charge in [0.05, 0.1) is 0 Å². The van der Waals surface area contributed by atoms with Crippen LogP contribution in [-0.4, -0.2) is 16.5 Å². The van der Waals surface area contributed by atoms with Gasteiger partial charge >= 0.3 is 0 Å². The summed E-state index contributed by atoms with van der Waals surface area (Å²) < 4.78 is 0. The first kappa shape index (κ1) is 15.8. The topological polar surface area (TPSA) is 49.8 Å². The van der Waals surface area contributed by atoms with E-state index in [0.717, 1.165) is 42.5 Å². The van der Waals surface area contributed by atoms with Crippen LogP contribution in [0.4, 0.5) is 11.6 Å². The Balaban J connectivity index is 2.22. The first-order valence-electron chi connectivity index (χ1n) is 7.49. The fourth-order valence-corrected chi connectivity index (χ4v) is 2.63. The van der Waals surface area contributed by atoms with Crippen LogP contribution in [0.25, 0.3) is 0 Å². The van der Waals surface area contributed by atoms with Crippen LogP contribution in [0, 0.1) is 6.92 Å². The van der Waals surface area contributed by atoms with Crippen LogP contribution in [0.3, 0.4) is 0 Å². The second kappa shape index (κ2) is 7.41. The van der Waals surface area contributed by atoms with Gasteiger partial charge in [0.2, 0.25) is 0 Å². The lowest BCUT2D eigenvalue weighted by molar-refractivity contribution is 0.771. The molecule has 2 aromatic heterocycles. The van der Waals surface area contributed by atoms with Gasteiger partial charge in [0.15, 0.2) is 0 Å². The molecule has 0 atom stereocenters. The monoisotopic (exact) mass is 304 g/mol. The third kappa shape index (κ3) is 4.17. The minimum Gasteiger partial charge on any atom is -0.370 e. The highest BCUT2D eigenvalue weighted by Gasteiger charge is 2.12. The van der Waals surface area contributed by atoms with E-state index in [0.29, 0.717) is 5.92 Å². The Morgan fingerprint density at radius 1 is 1.19 bits per heavy atom. The number of hydrogen-bond donors (Lipinski definition) is 2. The quantitative estimate of drug-likeness (QED) is 0.796. The van der Waals surface area contributed by atoms with E-state index >= 15 is 0 Å². The lowest BCUT2D eigenvalue weighted by atomic mass is 10.2. The average molecular weight is 304 g/mol. The van der Waals surface area contributed by atoms with E-state index in [1.54, 1.807) is 11.3 Å². The zero-order chi connectivity index (χ0) is 15.2. The molecule has 2 rings (SSSR count). The van der Waals surface area contributed by atoms with Gasteiger partial charge in [0, 0.05) is 24.6 Å². The predicted octanol–water partition coefficient (Wildman–Crippen LogP) is 4.40. The summed E-state index contributed by atoms with van der Waals surface area (Å²) in [5.41, 5.74) is 2.37. The minimum absolute atomic E-state index is 0.314. The zero-order valence-electron chi connectivity index (χ0n) is 13.2. The SMILES string of the molecule is CCCNc1nc(C(C)C)nc(NCc2ccsc2)c1C. The minimum atomic E-state index is 0.314. The fraction of sp³-hybridized carbons (Fsp3) is 0.500. The van der Waals surface area contributed by atoms with Crippen molar-refractivity contribution >= 4 is 23.0 Å². The maximum absolute atomic E-state index is 4.68. The van der Waals surface area contributed by atoms with E-state index in [9.17, 15) is 0 Å². The lowest BCUT2D eigenvalue weighted by Gasteiger charge is -2.16. The van der Waals surface area contributed by atoms with E-state index in [1.165, 1.54) is 5.56 Å². The molecule has 0 saturated carbocycles. The second-order valence-corrected chi connectivity index (χ2v) is 6.25. The van der Waals surface area contributed by atoms with Gasteiger partial charge in [-0.15, -0.1) is 0 Å². The Labute approximate surface area is 131 Å². The van der Waals surface area contributed by atoms with Crippen LogP contribution >= 0.6 is 11.3 Å². The summed E-state index contributed by atoms with van der Waals surface area (Å²) in [5.74, 6) is 3.07. The van der Waals surface area contributed by atoms with Crippen LogP contribution in [0.15, 0.2) is 16.8 Å². The van der Waals surface area contributed by atoms with Crippen molar-refractivity contribution in [2.45, 2.75) is 46.6 Å². The van der Waals surface area contributed by atoms with E-state index in [4.69, 9.17) is 0 Å². The molecule has 0 unspecified atom stereocenters. The van der Waals surface area contributed by atoms with Crippen LogP contribution in [0.5, 0.6) is 0 Å². The summed E-state index contributed by atoms with van der Waals surface area (Å²) in [6, 6.07) is 2.13. The van der Waals surface area contributed by atoms with Gasteiger partial charge in [-0.2, -0.15) is 11.3 Å². The zero-order valence-corrected chi connectivity index (χ0v) is 14.0. The first-order valence-corrected chi connectivity index (χ1v) is 8.43. The van der Waals surface area contributed by atoms with E-state index in [-0.39, 0.29) is 0 Å². The van der Waals surface area contributed by atoms with Crippen molar-refractivity contribution in [2.24, 2.45) is 0 Å². The molecule has 0 fully saturated rings. The number of hydrogen-bond acceptors (Lipinski definition) is 5. The molecule has 0 saturated heterocycles. The van der Waals surface area contributed by atoms with Crippen molar-refractivity contribution in [3.8, 4) is 0 Å². The molecule has 0 bridgehead atoms. The molecule has 0 aliphatic heterocycles. The van der Waals surface area contributed by atoms with Gasteiger partial charge < -0.3 is 10.6 Å². The van der Waals surface area contributed by atoms with Gasteiger partial charge in [-0.05, 0) is 35.7 Å². The molecule has 114 valence electrons. The molecule has 0 amide bonds. The van der Waals surface area contributed by atoms with Crippen LogP contribution < -0.4 is 10.6 Å². The molecule has 4 nitrogen and oxygen atoms in total. The maximum Gasteiger partial charge on any atom is 0.135 e. The van der Waals surface area contributed by atoms with Crippen molar-refractivity contribution < 1.29 is 0 Å². The number of nitrogens with zero attached hydrogens (tertiary/aromatic N) is 2. The smallest absolute Gasteiger partial charge is 0.135 e. The highest BCUT2D eigenvalue weighted by Crippen LogP contribution is 2.23. The number of rotatable bonds is 7. The standard InChI is InChI=1S/C16H24N4S/c1-5-7-17-15-12(4)16(20-14(19-15)11(2)3)18-9-13-6-8-21-10-13/h6,8,10-11H,5,7,9H2,1-4H3,(H2,17,18,19,20). The highest BCUT2D eigenvalue weighted by atomic mass is 32.1. The second-order valence-electron chi connectivity index (χ2n) is 5.47. The van der Waals surface area contributed by atoms with Crippen molar-refractivity contribution in [1.29, 1.82) is 0 Å². The lowest BCUT2D eigenvalue weighted by Crippen LogP contribution is -2.12. The molecule has 21 heavy (non-hydrogen) atoms. The number of anilines is 2. The molecule has 0 spiro atoms. The van der Waals surface area contributed by atoms with Gasteiger partial charge in [-0.1, -0.05) is 20.8 Å². The summed E-state index contributed by atoms with van der Waals surface area (Å²) in [7, 11) is 0. The Bertz CT molecular complexity index is 564. The summed E-state index contributed by atoms with van der Waals surface area (Å²) in [6.45, 7) is 10.2. The Morgan fingerprint density at radius 2 is 1.90 bits per heavy atom. The Hall–Kier alpha value is -1.62. The van der Waals surface area contributed by atoms with E-state index in [2.05, 4.69) is 65.1 Å². The van der Waals surface area contributed by atoms with Crippen LogP contribution in [0.2, 0.25) is 0 Å². The highest BCUT2D eigenvalue weighted by molar-refractivity contribution is 7.07. The molecule has 2 N–H and O–H groups in total. The number of aromatic nitrogens is 2. The maximum atomic E-state index is 4.68. The fourth-order valence-electron chi connectivity index (χ4n) is 1.96. The normalized spacial score (nSPS) is 10.9. The van der Waals surface area contributed by atoms with Gasteiger partial charge in [0.25, 0.3) is 0 Å². The number of thiophene rings is 1. The molecule has 2 aromatic rings. The molecule has 0 aromatic carbocycles. The van der Waals surface area contributed by atoms with Crippen molar-refractivity contribution in [3.63, 3.8) is 0 Å². The van der Waals surface area contributed by atoms with Crippen molar-refractivity contribution in [2.75, 3.05) is 17.2 Å². The largest absolute Gasteiger partial charge is 0.370 e. The van der Waals surface area contributed by atoms with E-state index in [1.807, 2.05) is 0 Å². The van der Waals surface area contributed by atoms with E-state index < -0.39 is 0 Å². The molecule has 2 heterocycles. The summed E-state index contributed by atoms with van der Waals surface area (Å²) in [5, 5.41) is 11.1. The predicted molar refractivity (Wildman–Crippen MR) is 91.3 cm³/mol. The molecular formula is C16H24N4S. The van der Waals surface area contributed by atoms with Gasteiger partial charge in [-0.25, -0.2) is 9.97 Å². The molecule has 5 heteroatoms. The third-order valence-corrected chi connectivity index (χ3v) is 3.99. The Kier molecular flexibility index (Phi) is 5.56. The third-order valence-electron chi connectivity index (χ3n) is 3.26. The van der Waals surface area contributed by atoms with Crippen molar-refractivity contribution in [1.82, 2.24) is 9.97 Å². The average Bonchev–Trinajstić information content (AvgIpc) is 2.98. The van der Waals surface area contributed by atoms with Gasteiger partial charge in [-0.3, -0.25) is 0 Å². The summed E-state index contributed by atoms with van der Waals surface area (Å²) in [4.78, 5) is 9.34.